The molecule has 5 rings (SSSR count). The van der Waals surface area contributed by atoms with E-state index >= 15 is 0 Å². The molecule has 1 aliphatic carbocycles. The molecule has 2 N–H and O–H groups in total. The van der Waals surface area contributed by atoms with Crippen molar-refractivity contribution in [1.29, 1.82) is 0 Å². The number of nitrogens with one attached hydrogen (secondary N) is 2. The lowest BCUT2D eigenvalue weighted by atomic mass is 10.2. The lowest BCUT2D eigenvalue weighted by Gasteiger charge is -2.32. The molecule has 0 amide bonds. The molecule has 0 unspecified atom stereocenters. The van der Waals surface area contributed by atoms with Gasteiger partial charge in [-0.3, -0.25) is 10.00 Å². The molecule has 1 saturated heterocycles. The number of nitrogens with zero attached hydrogens (tertiary/aromatic N) is 5. The largest absolute Gasteiger partial charge is 0.476 e. The van der Waals surface area contributed by atoms with E-state index in [2.05, 4.69) is 43.4 Å². The summed E-state index contributed by atoms with van der Waals surface area (Å²) in [6.45, 7) is 5.86. The minimum absolute atomic E-state index is 0.573. The van der Waals surface area contributed by atoms with Gasteiger partial charge in [0.1, 0.15) is 12.4 Å². The molecule has 8 nitrogen and oxygen atoms in total. The Hall–Kier alpha value is -2.97. The van der Waals surface area contributed by atoms with E-state index in [1.807, 2.05) is 36.4 Å². The van der Waals surface area contributed by atoms with Crippen LogP contribution in [0.1, 0.15) is 24.5 Å². The SMILES string of the molecule is CN1CCN(CCOc2cc(Nc3cc(C4CC4)[nH]n3)nc(-c3ccccc3)n2)CC1. The smallest absolute Gasteiger partial charge is 0.219 e. The van der Waals surface area contributed by atoms with Gasteiger partial charge in [0.2, 0.25) is 5.88 Å². The van der Waals surface area contributed by atoms with Gasteiger partial charge >= 0.3 is 0 Å². The van der Waals surface area contributed by atoms with Crippen molar-refractivity contribution in [2.45, 2.75) is 18.8 Å². The zero-order valence-electron chi connectivity index (χ0n) is 17.9. The predicted molar refractivity (Wildman–Crippen MR) is 121 cm³/mol. The molecule has 1 aliphatic heterocycles. The topological polar surface area (TPSA) is 82.2 Å². The van der Waals surface area contributed by atoms with E-state index in [1.165, 1.54) is 18.5 Å². The molecule has 0 spiro atoms. The second kappa shape index (κ2) is 9.03. The first-order valence-corrected chi connectivity index (χ1v) is 11.0. The first kappa shape index (κ1) is 20.0. The van der Waals surface area contributed by atoms with E-state index in [0.717, 1.165) is 44.1 Å². The molecule has 2 aliphatic rings. The Bertz CT molecular complexity index is 994. The number of piperazine rings is 1. The van der Waals surface area contributed by atoms with Crippen LogP contribution in [0.2, 0.25) is 0 Å². The number of aromatic amines is 1. The number of anilines is 2. The molecular formula is C23H29N7O. The Balaban J connectivity index is 1.30. The van der Waals surface area contributed by atoms with Gasteiger partial charge < -0.3 is 15.0 Å². The standard InChI is InChI=1S/C23H29N7O/c1-29-9-11-30(12-10-29)13-14-31-22-16-20(24-21-15-19(27-28-21)17-7-8-17)25-23(26-22)18-5-3-2-4-6-18/h2-6,15-17H,7-14H2,1H3,(H2,24,25,26,27,28). The lowest BCUT2D eigenvalue weighted by molar-refractivity contribution is 0.132. The summed E-state index contributed by atoms with van der Waals surface area (Å²) in [6.07, 6.45) is 2.47. The zero-order chi connectivity index (χ0) is 21.0. The first-order valence-electron chi connectivity index (χ1n) is 11.0. The summed E-state index contributed by atoms with van der Waals surface area (Å²) < 4.78 is 6.05. The van der Waals surface area contributed by atoms with Crippen LogP contribution >= 0.6 is 0 Å². The lowest BCUT2D eigenvalue weighted by Crippen LogP contribution is -2.45. The van der Waals surface area contributed by atoms with E-state index in [0.29, 0.717) is 30.0 Å². The summed E-state index contributed by atoms with van der Waals surface area (Å²) in [6, 6.07) is 13.9. The summed E-state index contributed by atoms with van der Waals surface area (Å²) in [7, 11) is 2.17. The van der Waals surface area contributed by atoms with Gasteiger partial charge in [-0.1, -0.05) is 30.3 Å². The molecular weight excluding hydrogens is 390 g/mol. The van der Waals surface area contributed by atoms with Crippen molar-refractivity contribution < 1.29 is 4.74 Å². The maximum atomic E-state index is 6.05. The summed E-state index contributed by atoms with van der Waals surface area (Å²) in [5, 5.41) is 10.8. The molecule has 3 heterocycles. The maximum absolute atomic E-state index is 6.05. The fourth-order valence-corrected chi connectivity index (χ4v) is 3.77. The number of H-pyrrole nitrogens is 1. The average Bonchev–Trinajstić information content (AvgIpc) is 3.55. The fraction of sp³-hybridized carbons (Fsp3) is 0.435. The highest BCUT2D eigenvalue weighted by molar-refractivity contribution is 5.61. The van der Waals surface area contributed by atoms with Gasteiger partial charge in [-0.25, -0.2) is 4.98 Å². The van der Waals surface area contributed by atoms with Crippen LogP contribution in [0.15, 0.2) is 42.5 Å². The minimum Gasteiger partial charge on any atom is -0.476 e. The van der Waals surface area contributed by atoms with E-state index in [9.17, 15) is 0 Å². The van der Waals surface area contributed by atoms with E-state index in [4.69, 9.17) is 9.72 Å². The number of hydrogen-bond acceptors (Lipinski definition) is 7. The van der Waals surface area contributed by atoms with Gasteiger partial charge in [-0.15, -0.1) is 0 Å². The molecule has 1 saturated carbocycles. The first-order chi connectivity index (χ1) is 15.2. The molecule has 0 radical (unpaired) electrons. The van der Waals surface area contributed by atoms with Crippen molar-refractivity contribution in [3.05, 3.63) is 48.2 Å². The van der Waals surface area contributed by atoms with Gasteiger partial charge in [0.25, 0.3) is 0 Å². The van der Waals surface area contributed by atoms with Crippen molar-refractivity contribution in [1.82, 2.24) is 30.0 Å². The van der Waals surface area contributed by atoms with Gasteiger partial charge in [-0.2, -0.15) is 10.1 Å². The van der Waals surface area contributed by atoms with E-state index < -0.39 is 0 Å². The van der Waals surface area contributed by atoms with Crippen molar-refractivity contribution >= 4 is 11.6 Å². The van der Waals surface area contributed by atoms with E-state index in [1.54, 1.807) is 0 Å². The van der Waals surface area contributed by atoms with Gasteiger partial charge in [0.05, 0.1) is 0 Å². The van der Waals surface area contributed by atoms with Crippen molar-refractivity contribution in [3.8, 4) is 17.3 Å². The summed E-state index contributed by atoms with van der Waals surface area (Å²) in [4.78, 5) is 14.1. The number of hydrogen-bond donors (Lipinski definition) is 2. The van der Waals surface area contributed by atoms with Crippen LogP contribution in [0.3, 0.4) is 0 Å². The van der Waals surface area contributed by atoms with E-state index in [-0.39, 0.29) is 0 Å². The summed E-state index contributed by atoms with van der Waals surface area (Å²) >= 11 is 0. The van der Waals surface area contributed by atoms with Crippen LogP contribution in [0.5, 0.6) is 5.88 Å². The Kier molecular flexibility index (Phi) is 5.82. The Morgan fingerprint density at radius 1 is 1.03 bits per heavy atom. The Morgan fingerprint density at radius 3 is 2.61 bits per heavy atom. The average molecular weight is 420 g/mol. The molecule has 2 fully saturated rings. The molecule has 1 aromatic carbocycles. The summed E-state index contributed by atoms with van der Waals surface area (Å²) in [5.41, 5.74) is 2.14. The van der Waals surface area contributed by atoms with Crippen molar-refractivity contribution in [3.63, 3.8) is 0 Å². The molecule has 8 heteroatoms. The minimum atomic E-state index is 0.573. The molecule has 0 atom stereocenters. The van der Waals surface area contributed by atoms with Crippen molar-refractivity contribution in [2.24, 2.45) is 0 Å². The highest BCUT2D eigenvalue weighted by Crippen LogP contribution is 2.39. The van der Waals surface area contributed by atoms with Crippen LogP contribution in [-0.2, 0) is 0 Å². The molecule has 2 aromatic heterocycles. The maximum Gasteiger partial charge on any atom is 0.219 e. The zero-order valence-corrected chi connectivity index (χ0v) is 17.9. The Labute approximate surface area is 182 Å². The second-order valence-electron chi connectivity index (χ2n) is 8.38. The number of ether oxygens (including phenoxy) is 1. The number of benzene rings is 1. The molecule has 0 bridgehead atoms. The van der Waals surface area contributed by atoms with Crippen LogP contribution in [0.25, 0.3) is 11.4 Å². The van der Waals surface area contributed by atoms with Crippen molar-refractivity contribution in [2.75, 3.05) is 51.7 Å². The van der Waals surface area contributed by atoms with Gasteiger partial charge in [0.15, 0.2) is 11.6 Å². The monoisotopic (exact) mass is 419 g/mol. The normalized spacial score (nSPS) is 17.6. The molecule has 31 heavy (non-hydrogen) atoms. The van der Waals surface area contributed by atoms with Crippen LogP contribution in [-0.4, -0.2) is 76.3 Å². The third-order valence-corrected chi connectivity index (χ3v) is 5.86. The summed E-state index contributed by atoms with van der Waals surface area (Å²) in [5.74, 6) is 3.28. The van der Waals surface area contributed by atoms with Gasteiger partial charge in [-0.05, 0) is 19.9 Å². The third kappa shape index (κ3) is 5.21. The quantitative estimate of drug-likeness (QED) is 0.580. The number of rotatable bonds is 8. The van der Waals surface area contributed by atoms with Crippen LogP contribution < -0.4 is 10.1 Å². The molecule has 3 aromatic rings. The van der Waals surface area contributed by atoms with Gasteiger partial charge in [0, 0.05) is 62.0 Å². The Morgan fingerprint density at radius 2 is 1.84 bits per heavy atom. The highest BCUT2D eigenvalue weighted by Gasteiger charge is 2.25. The number of aromatic nitrogens is 4. The van der Waals surface area contributed by atoms with Crippen LogP contribution in [0.4, 0.5) is 11.6 Å². The predicted octanol–water partition coefficient (Wildman–Crippen LogP) is 3.11. The molecule has 162 valence electrons. The third-order valence-electron chi connectivity index (χ3n) is 5.86. The highest BCUT2D eigenvalue weighted by atomic mass is 16.5. The fourth-order valence-electron chi connectivity index (χ4n) is 3.77. The van der Waals surface area contributed by atoms with Crippen LogP contribution in [0, 0.1) is 0 Å². The number of likely N-dealkylation sites (N-methyl/N-ethyl adjacent to an activating group) is 1. The second-order valence-corrected chi connectivity index (χ2v) is 8.38.